The van der Waals surface area contributed by atoms with Gasteiger partial charge >= 0.3 is 35.8 Å². The van der Waals surface area contributed by atoms with Crippen molar-refractivity contribution in [2.24, 2.45) is 0 Å². The lowest BCUT2D eigenvalue weighted by atomic mass is 9.50. The Morgan fingerprint density at radius 3 is 2.35 bits per heavy atom. The minimum absolute atomic E-state index is 0.0141. The molecule has 3 N–H and O–H groups in total. The molecular formula is C36H37NO15. The molecule has 2 heterocycles. The zero-order chi connectivity index (χ0) is 37.5. The summed E-state index contributed by atoms with van der Waals surface area (Å²) in [5.74, 6) is -7.14. The summed E-state index contributed by atoms with van der Waals surface area (Å²) in [6.45, 7) is 1.61. The predicted octanol–water partition coefficient (Wildman–Crippen LogP) is 1.59. The average Bonchev–Trinajstić information content (AvgIpc) is 3.45. The molecule has 1 fully saturated rings. The van der Waals surface area contributed by atoms with E-state index >= 15 is 0 Å². The molecule has 7 atom stereocenters. The average molecular weight is 724 g/mol. The van der Waals surface area contributed by atoms with E-state index in [9.17, 15) is 39.0 Å². The van der Waals surface area contributed by atoms with Gasteiger partial charge < -0.3 is 48.6 Å². The van der Waals surface area contributed by atoms with Gasteiger partial charge in [0.05, 0.1) is 31.0 Å². The zero-order valence-corrected chi connectivity index (χ0v) is 28.4. The lowest BCUT2D eigenvalue weighted by molar-refractivity contribution is -0.186. The van der Waals surface area contributed by atoms with Gasteiger partial charge in [-0.25, -0.2) is 14.4 Å². The first kappa shape index (κ1) is 36.3. The van der Waals surface area contributed by atoms with Gasteiger partial charge in [0.25, 0.3) is 0 Å². The maximum absolute atomic E-state index is 13.5. The number of esters is 4. The van der Waals surface area contributed by atoms with Crippen LogP contribution in [0, 0.1) is 0 Å². The molecule has 2 aliphatic carbocycles. The van der Waals surface area contributed by atoms with Crippen LogP contribution in [-0.4, -0.2) is 107 Å². The van der Waals surface area contributed by atoms with Crippen LogP contribution in [0.25, 0.3) is 0 Å². The lowest BCUT2D eigenvalue weighted by Crippen LogP contribution is -2.74. The summed E-state index contributed by atoms with van der Waals surface area (Å²) in [5.41, 5.74) is -0.466. The van der Waals surface area contributed by atoms with E-state index in [-0.39, 0.29) is 23.8 Å². The number of rotatable bonds is 13. The van der Waals surface area contributed by atoms with Crippen LogP contribution in [0.4, 0.5) is 0 Å². The number of aliphatic hydroxyl groups is 1. The van der Waals surface area contributed by atoms with Gasteiger partial charge in [-0.05, 0) is 44.1 Å². The van der Waals surface area contributed by atoms with Crippen molar-refractivity contribution in [3.05, 3.63) is 71.0 Å². The minimum atomic E-state index is -2.11. The van der Waals surface area contributed by atoms with Crippen molar-refractivity contribution in [1.82, 2.24) is 4.90 Å². The van der Waals surface area contributed by atoms with E-state index in [0.29, 0.717) is 30.9 Å². The molecular weight excluding hydrogens is 686 g/mol. The molecule has 0 saturated carbocycles. The second-order valence-electron chi connectivity index (χ2n) is 13.2. The van der Waals surface area contributed by atoms with E-state index in [2.05, 4.69) is 4.90 Å². The maximum atomic E-state index is 13.5. The summed E-state index contributed by atoms with van der Waals surface area (Å²) in [6.07, 6.45) is -6.14. The second-order valence-corrected chi connectivity index (χ2v) is 13.2. The number of ether oxygens (including phenoxy) is 6. The highest BCUT2D eigenvalue weighted by Gasteiger charge is 2.72. The minimum Gasteiger partial charge on any atom is -0.493 e. The molecule has 16 nitrogen and oxygen atoms in total. The van der Waals surface area contributed by atoms with Crippen molar-refractivity contribution in [2.75, 3.05) is 20.7 Å². The monoisotopic (exact) mass is 723 g/mol. The molecule has 2 aromatic rings. The number of carbonyl (C=O) groups is 6. The highest BCUT2D eigenvalue weighted by molar-refractivity contribution is 5.88. The molecule has 1 saturated heterocycles. The van der Waals surface area contributed by atoms with Gasteiger partial charge in [0.2, 0.25) is 18.3 Å². The molecule has 2 bridgehead atoms. The number of carboxylic acid groups (broad SMARTS) is 2. The number of benzene rings is 2. The van der Waals surface area contributed by atoms with Gasteiger partial charge in [-0.15, -0.1) is 0 Å². The number of carbonyl (C=O) groups excluding carboxylic acids is 4. The number of carboxylic acids is 2. The molecule has 52 heavy (non-hydrogen) atoms. The van der Waals surface area contributed by atoms with E-state index in [1.165, 1.54) is 31.4 Å². The first-order chi connectivity index (χ1) is 24.7. The van der Waals surface area contributed by atoms with Crippen LogP contribution in [0.3, 0.4) is 0 Å². The van der Waals surface area contributed by atoms with Gasteiger partial charge in [0.15, 0.2) is 17.6 Å². The highest BCUT2D eigenvalue weighted by Crippen LogP contribution is 2.65. The van der Waals surface area contributed by atoms with Crippen LogP contribution in [0.2, 0.25) is 0 Å². The third kappa shape index (κ3) is 6.21. The van der Waals surface area contributed by atoms with Crippen LogP contribution in [-0.2, 0) is 59.6 Å². The van der Waals surface area contributed by atoms with Gasteiger partial charge in [0, 0.05) is 30.5 Å². The summed E-state index contributed by atoms with van der Waals surface area (Å²) in [5, 5.41) is 30.8. The van der Waals surface area contributed by atoms with E-state index in [1.807, 2.05) is 13.1 Å². The number of likely N-dealkylation sites (tertiary alicyclic amines) is 1. The smallest absolute Gasteiger partial charge is 0.353 e. The first-order valence-corrected chi connectivity index (χ1v) is 16.5. The predicted molar refractivity (Wildman–Crippen MR) is 173 cm³/mol. The Balaban J connectivity index is 1.24. The fourth-order valence-electron chi connectivity index (χ4n) is 7.90. The maximum Gasteiger partial charge on any atom is 0.353 e. The van der Waals surface area contributed by atoms with Crippen molar-refractivity contribution in [1.29, 1.82) is 0 Å². The molecule has 6 rings (SSSR count). The number of piperidine rings is 1. The molecule has 0 unspecified atom stereocenters. The van der Waals surface area contributed by atoms with Crippen molar-refractivity contribution in [3.63, 3.8) is 0 Å². The number of methoxy groups -OCH3 is 1. The second kappa shape index (κ2) is 13.9. The normalized spacial score (nSPS) is 25.5. The Morgan fingerprint density at radius 2 is 1.69 bits per heavy atom. The first-order valence-electron chi connectivity index (χ1n) is 16.5. The van der Waals surface area contributed by atoms with Gasteiger partial charge in [0.1, 0.15) is 5.76 Å². The van der Waals surface area contributed by atoms with Crippen molar-refractivity contribution < 1.29 is 72.5 Å². The summed E-state index contributed by atoms with van der Waals surface area (Å²) in [4.78, 5) is 77.0. The number of hydrogen-bond acceptors (Lipinski definition) is 14. The molecule has 276 valence electrons. The van der Waals surface area contributed by atoms with Crippen LogP contribution >= 0.6 is 0 Å². The van der Waals surface area contributed by atoms with E-state index in [4.69, 9.17) is 33.5 Å². The standard InChI is InChI=1S/C36H37NO15/c1-18(38)48-24(33(44)52-29(19-7-5-4-6-8-19)34(45)50-23(32(42)43)16-26(39)40)17-27(41)49-22-11-12-36(46)25-15-20-9-10-21(47-3)30-28(20)35(36,31(22)51-30)13-14-37(25)2/h4-11,23-25,29,31,46H,12-17H2,1-3H3,(H,39,40)(H,42,43)/t23-,24+,25+,29+,31-,35-,36+/m1/s1. The number of hydrogen-bond donors (Lipinski definition) is 3. The van der Waals surface area contributed by atoms with Crippen molar-refractivity contribution in [2.45, 2.75) is 80.5 Å². The Labute approximate surface area is 296 Å². The summed E-state index contributed by atoms with van der Waals surface area (Å²) in [6, 6.07) is 10.7. The van der Waals surface area contributed by atoms with E-state index in [1.54, 1.807) is 18.2 Å². The van der Waals surface area contributed by atoms with Gasteiger partial charge in [-0.2, -0.15) is 0 Å². The van der Waals surface area contributed by atoms with Gasteiger partial charge in [-0.1, -0.05) is 36.4 Å². The largest absolute Gasteiger partial charge is 0.493 e. The number of nitrogens with zero attached hydrogens (tertiary/aromatic N) is 1. The summed E-state index contributed by atoms with van der Waals surface area (Å²) < 4.78 is 33.2. The van der Waals surface area contributed by atoms with Crippen LogP contribution in [0.5, 0.6) is 11.5 Å². The quantitative estimate of drug-likeness (QED) is 0.197. The van der Waals surface area contributed by atoms with E-state index < -0.39 is 84.1 Å². The molecule has 0 aromatic heterocycles. The SMILES string of the molecule is COc1ccc2c3c1O[C@@H]1C(OC(=O)C[C@H](OC(C)=O)C(=O)O[C@H](C(=O)O[C@H](CC(=O)O)C(=O)O)c4ccccc4)=CC[C@]4(O)[C@H](C2)N(C)CC[C@@]314. The molecule has 16 heteroatoms. The third-order valence-corrected chi connectivity index (χ3v) is 10.2. The molecule has 0 amide bonds. The van der Waals surface area contributed by atoms with Crippen LogP contribution < -0.4 is 9.47 Å². The van der Waals surface area contributed by atoms with E-state index in [0.717, 1.165) is 18.1 Å². The Hall–Kier alpha value is -5.48. The molecule has 1 spiro atoms. The highest BCUT2D eigenvalue weighted by atomic mass is 16.6. The summed E-state index contributed by atoms with van der Waals surface area (Å²) in [7, 11) is 3.45. The zero-order valence-electron chi connectivity index (χ0n) is 28.4. The fraction of sp³-hybridized carbons (Fsp3) is 0.444. The Bertz CT molecular complexity index is 1840. The number of aliphatic carboxylic acids is 2. The topological polar surface area (TPSA) is 222 Å². The summed E-state index contributed by atoms with van der Waals surface area (Å²) >= 11 is 0. The molecule has 4 aliphatic rings. The van der Waals surface area contributed by atoms with Crippen LogP contribution in [0.15, 0.2) is 54.3 Å². The Kier molecular flexibility index (Phi) is 9.72. The molecule has 0 radical (unpaired) electrons. The van der Waals surface area contributed by atoms with Gasteiger partial charge in [-0.3, -0.25) is 14.4 Å². The molecule has 2 aliphatic heterocycles. The molecule has 2 aromatic carbocycles. The van der Waals surface area contributed by atoms with Crippen LogP contribution in [0.1, 0.15) is 55.4 Å². The Morgan fingerprint density at radius 1 is 0.962 bits per heavy atom. The van der Waals surface area contributed by atoms with Crippen molar-refractivity contribution in [3.8, 4) is 11.5 Å². The van der Waals surface area contributed by atoms with Crippen molar-refractivity contribution >= 4 is 35.8 Å². The fourth-order valence-corrected chi connectivity index (χ4v) is 7.90. The number of likely N-dealkylation sites (N-methyl/N-ethyl adjacent to an activating group) is 1. The lowest BCUT2D eigenvalue weighted by Gasteiger charge is -2.61. The third-order valence-electron chi connectivity index (χ3n) is 10.2.